The number of benzene rings is 3. The number of nitrogens with two attached hydrogens (primary N) is 1. The fourth-order valence-corrected chi connectivity index (χ4v) is 3.50. The van der Waals surface area contributed by atoms with Crippen LogP contribution in [0.5, 0.6) is 0 Å². The highest BCUT2D eigenvalue weighted by Crippen LogP contribution is 2.28. The third-order valence-electron chi connectivity index (χ3n) is 5.32. The van der Waals surface area contributed by atoms with Crippen LogP contribution in [-0.2, 0) is 0 Å². The Balaban J connectivity index is 0.000000826. The second-order valence-corrected chi connectivity index (χ2v) is 7.33. The number of aryl methyl sites for hydroxylation is 3. The zero-order valence-electron chi connectivity index (χ0n) is 19.8. The van der Waals surface area contributed by atoms with Crippen molar-refractivity contribution in [2.75, 3.05) is 7.05 Å². The fraction of sp³-hybridized carbons (Fsp3) is 0.321. The Kier molecular flexibility index (Phi) is 10.6. The van der Waals surface area contributed by atoms with Gasteiger partial charge in [-0.25, -0.2) is 0 Å². The molecule has 0 aromatic heterocycles. The summed E-state index contributed by atoms with van der Waals surface area (Å²) in [6.07, 6.45) is 2.20. The van der Waals surface area contributed by atoms with Crippen molar-refractivity contribution < 1.29 is 0 Å². The lowest BCUT2D eigenvalue weighted by Crippen LogP contribution is -2.08. The van der Waals surface area contributed by atoms with E-state index in [2.05, 4.69) is 99.6 Å². The number of nitrogens with zero attached hydrogens (tertiary/aromatic N) is 1. The number of fused-ring (bicyclic) bond motifs is 1. The van der Waals surface area contributed by atoms with Gasteiger partial charge in [0.25, 0.3) is 0 Å². The van der Waals surface area contributed by atoms with Gasteiger partial charge >= 0.3 is 0 Å². The summed E-state index contributed by atoms with van der Waals surface area (Å²) in [5.41, 5.74) is 12.5. The highest BCUT2D eigenvalue weighted by molar-refractivity contribution is 6.11. The molecule has 0 aliphatic rings. The van der Waals surface area contributed by atoms with Gasteiger partial charge in [0.1, 0.15) is 0 Å². The molecule has 1 atom stereocenters. The lowest BCUT2D eigenvalue weighted by Gasteiger charge is -2.17. The van der Waals surface area contributed by atoms with Gasteiger partial charge in [0, 0.05) is 18.3 Å². The molecule has 0 saturated carbocycles. The number of aliphatic imine (C=N–C) groups is 1. The smallest absolute Gasteiger partial charge is 0.0429 e. The molecule has 0 spiro atoms. The summed E-state index contributed by atoms with van der Waals surface area (Å²) in [7, 11) is 1.91. The zero-order valence-corrected chi connectivity index (χ0v) is 19.8. The third-order valence-corrected chi connectivity index (χ3v) is 5.32. The van der Waals surface area contributed by atoms with E-state index in [-0.39, 0.29) is 0 Å². The van der Waals surface area contributed by atoms with E-state index >= 15 is 0 Å². The van der Waals surface area contributed by atoms with Gasteiger partial charge in [-0.3, -0.25) is 4.99 Å². The maximum atomic E-state index is 4.66. The van der Waals surface area contributed by atoms with E-state index in [0.717, 1.165) is 6.42 Å². The summed E-state index contributed by atoms with van der Waals surface area (Å²) < 4.78 is 0. The summed E-state index contributed by atoms with van der Waals surface area (Å²) in [4.78, 5) is 4.66. The Labute approximate surface area is 183 Å². The molecule has 1 unspecified atom stereocenters. The Bertz CT molecular complexity index is 983. The third kappa shape index (κ3) is 6.32. The summed E-state index contributed by atoms with van der Waals surface area (Å²) in [6, 6.07) is 19.9. The second kappa shape index (κ2) is 12.6. The average molecular weight is 403 g/mol. The lowest BCUT2D eigenvalue weighted by atomic mass is 9.89. The second-order valence-electron chi connectivity index (χ2n) is 7.33. The standard InChI is InChI=1S/C24H27N.C2H5N.C2H6/c1-16-10-12-20(14-18(16)3)19(4)15-24(25-5)23-13-11-17(2)21-8-6-7-9-22(21)23;1-2-3;1-2/h6-14,19H,15H2,1-5H3;2H,1,3H2;1-2H3. The van der Waals surface area contributed by atoms with Gasteiger partial charge in [0.05, 0.1) is 0 Å². The van der Waals surface area contributed by atoms with Crippen molar-refractivity contribution >= 4 is 16.5 Å². The Morgan fingerprint density at radius 3 is 2.07 bits per heavy atom. The molecule has 0 fully saturated rings. The summed E-state index contributed by atoms with van der Waals surface area (Å²) in [6.45, 7) is 16.0. The monoisotopic (exact) mass is 402 g/mol. The average Bonchev–Trinajstić information content (AvgIpc) is 2.76. The molecule has 3 rings (SSSR count). The first-order valence-corrected chi connectivity index (χ1v) is 10.8. The van der Waals surface area contributed by atoms with Gasteiger partial charge in [0.2, 0.25) is 0 Å². The minimum absolute atomic E-state index is 0.443. The number of rotatable bonds is 4. The first-order chi connectivity index (χ1) is 14.4. The van der Waals surface area contributed by atoms with E-state index < -0.39 is 0 Å². The van der Waals surface area contributed by atoms with Crippen LogP contribution in [-0.4, -0.2) is 12.8 Å². The van der Waals surface area contributed by atoms with Crippen molar-refractivity contribution in [1.82, 2.24) is 0 Å². The minimum atomic E-state index is 0.443. The molecule has 0 aliphatic carbocycles. The van der Waals surface area contributed by atoms with Crippen molar-refractivity contribution in [2.24, 2.45) is 10.7 Å². The normalized spacial score (nSPS) is 11.6. The predicted octanol–water partition coefficient (Wildman–Crippen LogP) is 7.49. The van der Waals surface area contributed by atoms with Crippen molar-refractivity contribution in [2.45, 2.75) is 53.9 Å². The molecule has 0 aliphatic heterocycles. The van der Waals surface area contributed by atoms with Crippen LogP contribution in [0.3, 0.4) is 0 Å². The van der Waals surface area contributed by atoms with Crippen LogP contribution in [0.1, 0.15) is 60.9 Å². The quantitative estimate of drug-likeness (QED) is 0.451. The maximum Gasteiger partial charge on any atom is 0.0429 e. The lowest BCUT2D eigenvalue weighted by molar-refractivity contribution is 0.802. The highest BCUT2D eigenvalue weighted by Gasteiger charge is 2.14. The summed E-state index contributed by atoms with van der Waals surface area (Å²) >= 11 is 0. The van der Waals surface area contributed by atoms with Crippen molar-refractivity contribution in [1.29, 1.82) is 0 Å². The van der Waals surface area contributed by atoms with Gasteiger partial charge < -0.3 is 5.73 Å². The van der Waals surface area contributed by atoms with Crippen LogP contribution in [0.25, 0.3) is 10.8 Å². The molecule has 2 N–H and O–H groups in total. The first-order valence-electron chi connectivity index (χ1n) is 10.8. The molecule has 3 aromatic carbocycles. The Morgan fingerprint density at radius 2 is 1.50 bits per heavy atom. The molecule has 0 heterocycles. The molecule has 3 aromatic rings. The minimum Gasteiger partial charge on any atom is -0.405 e. The SMILES string of the molecule is C=CN.CC.CN=C(CC(C)c1ccc(C)c(C)c1)c1ccc(C)c2ccccc12. The van der Waals surface area contributed by atoms with E-state index in [1.165, 1.54) is 50.5 Å². The highest BCUT2D eigenvalue weighted by atomic mass is 14.7. The van der Waals surface area contributed by atoms with Crippen LogP contribution in [0.15, 0.2) is 72.4 Å². The van der Waals surface area contributed by atoms with Crippen LogP contribution >= 0.6 is 0 Å². The summed E-state index contributed by atoms with van der Waals surface area (Å²) in [5, 5.41) is 2.62. The van der Waals surface area contributed by atoms with Crippen LogP contribution in [0.4, 0.5) is 0 Å². The van der Waals surface area contributed by atoms with Crippen molar-refractivity contribution in [3.05, 3.63) is 95.2 Å². The van der Waals surface area contributed by atoms with Crippen molar-refractivity contribution in [3.63, 3.8) is 0 Å². The number of hydrogen-bond donors (Lipinski definition) is 1. The van der Waals surface area contributed by atoms with E-state index in [9.17, 15) is 0 Å². The molecular weight excluding hydrogens is 364 g/mol. The molecule has 0 amide bonds. The van der Waals surface area contributed by atoms with E-state index in [1.54, 1.807) is 0 Å². The zero-order chi connectivity index (χ0) is 22.7. The van der Waals surface area contributed by atoms with Crippen LogP contribution in [0.2, 0.25) is 0 Å². The van der Waals surface area contributed by atoms with Crippen LogP contribution < -0.4 is 5.73 Å². The molecule has 2 heteroatoms. The van der Waals surface area contributed by atoms with E-state index in [1.807, 2.05) is 20.9 Å². The van der Waals surface area contributed by atoms with Crippen molar-refractivity contribution in [3.8, 4) is 0 Å². The predicted molar refractivity (Wildman–Crippen MR) is 136 cm³/mol. The fourth-order valence-electron chi connectivity index (χ4n) is 3.50. The first kappa shape index (κ1) is 25.2. The van der Waals surface area contributed by atoms with Gasteiger partial charge in [0.15, 0.2) is 0 Å². The molecule has 0 saturated heterocycles. The molecule has 0 bridgehead atoms. The molecule has 160 valence electrons. The van der Waals surface area contributed by atoms with Gasteiger partial charge in [-0.1, -0.05) is 81.9 Å². The Hall–Kier alpha value is -2.87. The van der Waals surface area contributed by atoms with Gasteiger partial charge in [-0.05, 0) is 72.3 Å². The Morgan fingerprint density at radius 1 is 0.933 bits per heavy atom. The van der Waals surface area contributed by atoms with Gasteiger partial charge in [-0.2, -0.15) is 0 Å². The van der Waals surface area contributed by atoms with E-state index in [0.29, 0.717) is 5.92 Å². The molecular formula is C28H38N2. The molecule has 30 heavy (non-hydrogen) atoms. The van der Waals surface area contributed by atoms with E-state index in [4.69, 9.17) is 0 Å². The maximum absolute atomic E-state index is 4.66. The van der Waals surface area contributed by atoms with Gasteiger partial charge in [-0.15, -0.1) is 0 Å². The van der Waals surface area contributed by atoms with Crippen LogP contribution in [0, 0.1) is 20.8 Å². The molecule has 2 nitrogen and oxygen atoms in total. The topological polar surface area (TPSA) is 38.4 Å². The summed E-state index contributed by atoms with van der Waals surface area (Å²) in [5.74, 6) is 0.443. The number of hydrogen-bond acceptors (Lipinski definition) is 2. The molecule has 0 radical (unpaired) electrons. The largest absolute Gasteiger partial charge is 0.405 e.